The van der Waals surface area contributed by atoms with E-state index in [1.165, 1.54) is 25.3 Å². The maximum Gasteiger partial charge on any atom is 0.343 e. The van der Waals surface area contributed by atoms with Gasteiger partial charge in [0.2, 0.25) is 0 Å². The molecule has 0 bridgehead atoms. The van der Waals surface area contributed by atoms with E-state index in [1.807, 2.05) is 60.7 Å². The molecule has 0 aliphatic heterocycles. The molecule has 0 amide bonds. The molecule has 1 unspecified atom stereocenters. The highest BCUT2D eigenvalue weighted by Gasteiger charge is 2.21. The summed E-state index contributed by atoms with van der Waals surface area (Å²) in [6, 6.07) is 22.8. The number of rotatable bonds is 9. The van der Waals surface area contributed by atoms with Crippen LogP contribution in [-0.4, -0.2) is 36.7 Å². The highest BCUT2D eigenvalue weighted by molar-refractivity contribution is 5.96. The normalized spacial score (nSPS) is 11.3. The number of hydrogen-bond acceptors (Lipinski definition) is 6. The van der Waals surface area contributed by atoms with E-state index < -0.39 is 30.6 Å². The summed E-state index contributed by atoms with van der Waals surface area (Å²) < 4.78 is 15.5. The monoisotopic (exact) mass is 434 g/mol. The van der Waals surface area contributed by atoms with Crippen molar-refractivity contribution in [3.05, 3.63) is 101 Å². The van der Waals surface area contributed by atoms with Crippen molar-refractivity contribution < 1.29 is 33.7 Å². The Bertz CT molecular complexity index is 1080. The summed E-state index contributed by atoms with van der Waals surface area (Å²) in [5, 5.41) is 9.50. The Balaban J connectivity index is 1.83. The quantitative estimate of drug-likeness (QED) is 0.507. The minimum atomic E-state index is -1.30. The van der Waals surface area contributed by atoms with E-state index in [0.29, 0.717) is 6.42 Å². The van der Waals surface area contributed by atoms with Gasteiger partial charge in [-0.15, -0.1) is 0 Å². The highest BCUT2D eigenvalue weighted by Crippen LogP contribution is 2.26. The third kappa shape index (κ3) is 5.95. The van der Waals surface area contributed by atoms with Gasteiger partial charge in [0.25, 0.3) is 0 Å². The summed E-state index contributed by atoms with van der Waals surface area (Å²) in [7, 11) is 1.20. The van der Waals surface area contributed by atoms with Crippen molar-refractivity contribution in [2.75, 3.05) is 13.7 Å². The van der Waals surface area contributed by atoms with Crippen LogP contribution < -0.4 is 4.74 Å². The summed E-state index contributed by atoms with van der Waals surface area (Å²) in [6.07, 6.45) is -0.0995. The predicted molar refractivity (Wildman–Crippen MR) is 116 cm³/mol. The number of ether oxygens (including phenoxy) is 3. The molecule has 32 heavy (non-hydrogen) atoms. The molecule has 1 N–H and O–H groups in total. The number of benzene rings is 3. The lowest BCUT2D eigenvalue weighted by Gasteiger charge is -2.19. The largest absolute Gasteiger partial charge is 0.481 e. The summed E-state index contributed by atoms with van der Waals surface area (Å²) >= 11 is 0. The lowest BCUT2D eigenvalue weighted by molar-refractivity contribution is -0.142. The van der Waals surface area contributed by atoms with E-state index >= 15 is 0 Å². The van der Waals surface area contributed by atoms with Crippen molar-refractivity contribution in [1.29, 1.82) is 0 Å². The fourth-order valence-corrected chi connectivity index (χ4v) is 3.07. The van der Waals surface area contributed by atoms with Gasteiger partial charge in [0.1, 0.15) is 17.4 Å². The van der Waals surface area contributed by atoms with Crippen LogP contribution in [0, 0.1) is 0 Å². The standard InChI is InChI=1S/C25H22O7/c1-30-23(26)16-31-21-13-12-19(15-20(21)24(27)28)25(29)32-22(18-10-6-3-7-11-18)14-17-8-4-2-5-9-17/h2-13,15,22H,14,16H2,1H3,(H,27,28). The van der Waals surface area contributed by atoms with Crippen LogP contribution in [0.5, 0.6) is 5.75 Å². The number of methoxy groups -OCH3 is 1. The van der Waals surface area contributed by atoms with Gasteiger partial charge in [0.15, 0.2) is 6.61 Å². The molecule has 1 atom stereocenters. The number of carboxylic acid groups (broad SMARTS) is 1. The summed E-state index contributed by atoms with van der Waals surface area (Å²) in [6.45, 7) is -0.451. The van der Waals surface area contributed by atoms with E-state index in [0.717, 1.165) is 11.1 Å². The Morgan fingerprint density at radius 3 is 2.19 bits per heavy atom. The molecule has 0 radical (unpaired) electrons. The van der Waals surface area contributed by atoms with Crippen molar-refractivity contribution in [2.24, 2.45) is 0 Å². The molecular weight excluding hydrogens is 412 g/mol. The van der Waals surface area contributed by atoms with E-state index in [1.54, 1.807) is 0 Å². The molecule has 0 saturated carbocycles. The first kappa shape index (κ1) is 22.6. The third-order valence-corrected chi connectivity index (χ3v) is 4.70. The molecule has 7 heteroatoms. The summed E-state index contributed by atoms with van der Waals surface area (Å²) in [5.74, 6) is -2.68. The van der Waals surface area contributed by atoms with Crippen molar-refractivity contribution in [3.63, 3.8) is 0 Å². The molecule has 0 heterocycles. The molecule has 3 rings (SSSR count). The van der Waals surface area contributed by atoms with Crippen LogP contribution in [0.15, 0.2) is 78.9 Å². The van der Waals surface area contributed by atoms with Gasteiger partial charge in [-0.05, 0) is 29.3 Å². The van der Waals surface area contributed by atoms with Gasteiger partial charge < -0.3 is 19.3 Å². The van der Waals surface area contributed by atoms with E-state index in [4.69, 9.17) is 9.47 Å². The zero-order chi connectivity index (χ0) is 22.9. The lowest BCUT2D eigenvalue weighted by atomic mass is 10.0. The fraction of sp³-hybridized carbons (Fsp3) is 0.160. The number of carbonyl (C=O) groups is 3. The van der Waals surface area contributed by atoms with Gasteiger partial charge in [-0.1, -0.05) is 60.7 Å². The Kier molecular flexibility index (Phi) is 7.59. The second-order valence-electron chi connectivity index (χ2n) is 6.88. The average molecular weight is 434 g/mol. The van der Waals surface area contributed by atoms with Crippen molar-refractivity contribution in [3.8, 4) is 5.75 Å². The fourth-order valence-electron chi connectivity index (χ4n) is 3.07. The molecule has 164 valence electrons. The summed E-state index contributed by atoms with van der Waals surface area (Å²) in [4.78, 5) is 35.8. The van der Waals surface area contributed by atoms with Gasteiger partial charge in [-0.2, -0.15) is 0 Å². The van der Waals surface area contributed by atoms with Gasteiger partial charge in [-0.25, -0.2) is 14.4 Å². The Morgan fingerprint density at radius 1 is 0.906 bits per heavy atom. The summed E-state index contributed by atoms with van der Waals surface area (Å²) in [5.41, 5.74) is 1.61. The van der Waals surface area contributed by atoms with Crippen molar-refractivity contribution in [1.82, 2.24) is 0 Å². The number of hydrogen-bond donors (Lipinski definition) is 1. The van der Waals surface area contributed by atoms with Crippen LogP contribution in [0.3, 0.4) is 0 Å². The molecular formula is C25H22O7. The zero-order valence-corrected chi connectivity index (χ0v) is 17.4. The number of esters is 2. The third-order valence-electron chi connectivity index (χ3n) is 4.70. The van der Waals surface area contributed by atoms with E-state index in [-0.39, 0.29) is 16.9 Å². The second-order valence-corrected chi connectivity index (χ2v) is 6.88. The maximum atomic E-state index is 12.9. The van der Waals surface area contributed by atoms with Gasteiger partial charge in [0.05, 0.1) is 12.7 Å². The van der Waals surface area contributed by atoms with Crippen LogP contribution in [0.2, 0.25) is 0 Å². The second kappa shape index (κ2) is 10.8. The Hall–Kier alpha value is -4.13. The zero-order valence-electron chi connectivity index (χ0n) is 17.4. The first-order chi connectivity index (χ1) is 15.5. The Labute approximate surface area is 185 Å². The SMILES string of the molecule is COC(=O)COc1ccc(C(=O)OC(Cc2ccccc2)c2ccccc2)cc1C(=O)O. The molecule has 3 aromatic carbocycles. The van der Waals surface area contributed by atoms with Crippen LogP contribution in [0.25, 0.3) is 0 Å². The lowest BCUT2D eigenvalue weighted by Crippen LogP contribution is -2.16. The van der Waals surface area contributed by atoms with Gasteiger partial charge in [-0.3, -0.25) is 0 Å². The van der Waals surface area contributed by atoms with Crippen LogP contribution in [0.1, 0.15) is 37.9 Å². The van der Waals surface area contributed by atoms with Gasteiger partial charge >= 0.3 is 17.9 Å². The molecule has 0 aromatic heterocycles. The van der Waals surface area contributed by atoms with E-state index in [9.17, 15) is 19.5 Å². The number of carbonyl (C=O) groups excluding carboxylic acids is 2. The number of aromatic carboxylic acids is 1. The van der Waals surface area contributed by atoms with Gasteiger partial charge in [0, 0.05) is 6.42 Å². The van der Waals surface area contributed by atoms with Crippen molar-refractivity contribution >= 4 is 17.9 Å². The van der Waals surface area contributed by atoms with E-state index in [2.05, 4.69) is 4.74 Å². The van der Waals surface area contributed by atoms with Crippen LogP contribution >= 0.6 is 0 Å². The molecule has 3 aromatic rings. The molecule has 0 aliphatic carbocycles. The highest BCUT2D eigenvalue weighted by atomic mass is 16.6. The number of carboxylic acids is 1. The first-order valence-corrected chi connectivity index (χ1v) is 9.84. The first-order valence-electron chi connectivity index (χ1n) is 9.84. The molecule has 7 nitrogen and oxygen atoms in total. The molecule has 0 fully saturated rings. The van der Waals surface area contributed by atoms with Crippen LogP contribution in [-0.2, 0) is 20.7 Å². The molecule has 0 spiro atoms. The average Bonchev–Trinajstić information content (AvgIpc) is 2.83. The topological polar surface area (TPSA) is 99.1 Å². The van der Waals surface area contributed by atoms with Crippen LogP contribution in [0.4, 0.5) is 0 Å². The Morgan fingerprint density at radius 2 is 1.56 bits per heavy atom. The minimum absolute atomic E-state index is 0.0525. The molecule has 0 saturated heterocycles. The smallest absolute Gasteiger partial charge is 0.343 e. The minimum Gasteiger partial charge on any atom is -0.481 e. The predicted octanol–water partition coefficient (Wildman–Crippen LogP) is 4.08. The maximum absolute atomic E-state index is 12.9. The molecule has 0 aliphatic rings. The van der Waals surface area contributed by atoms with Crippen molar-refractivity contribution in [2.45, 2.75) is 12.5 Å².